The van der Waals surface area contributed by atoms with Crippen LogP contribution in [0.2, 0.25) is 0 Å². The topological polar surface area (TPSA) is 65.1 Å². The Hall–Kier alpha value is -2.24. The number of rotatable bonds is 5. The van der Waals surface area contributed by atoms with E-state index in [9.17, 15) is 9.59 Å². The van der Waals surface area contributed by atoms with Crippen molar-refractivity contribution in [2.24, 2.45) is 5.92 Å². The van der Waals surface area contributed by atoms with E-state index in [-0.39, 0.29) is 18.9 Å². The van der Waals surface area contributed by atoms with Crippen molar-refractivity contribution in [2.45, 2.75) is 6.92 Å². The molecule has 0 amide bonds. The summed E-state index contributed by atoms with van der Waals surface area (Å²) < 4.78 is 15.4. The highest BCUT2D eigenvalue weighted by Gasteiger charge is 2.38. The van der Waals surface area contributed by atoms with Crippen LogP contribution in [0.3, 0.4) is 0 Å². The molecule has 1 aromatic carbocycles. The standard InChI is InChI=1S/C15H19NO5/c1-4-21-15(18)11-8-16(9-13(11)17)12-6-5-10(19-2)7-14(12)20-3/h5-7,11H,4,8-9H2,1-3H3. The number of carbonyl (C=O) groups excluding carboxylic acids is 2. The summed E-state index contributed by atoms with van der Waals surface area (Å²) in [6, 6.07) is 5.36. The molecule has 0 aliphatic carbocycles. The van der Waals surface area contributed by atoms with Gasteiger partial charge in [-0.3, -0.25) is 9.59 Å². The Morgan fingerprint density at radius 2 is 2.10 bits per heavy atom. The molecule has 1 fully saturated rings. The normalized spacial score (nSPS) is 17.8. The molecule has 0 N–H and O–H groups in total. The molecule has 0 aromatic heterocycles. The molecule has 0 radical (unpaired) electrons. The van der Waals surface area contributed by atoms with Crippen LogP contribution in [0, 0.1) is 5.92 Å². The van der Waals surface area contributed by atoms with E-state index in [1.54, 1.807) is 33.3 Å². The molecule has 1 saturated heterocycles. The van der Waals surface area contributed by atoms with Crippen LogP contribution >= 0.6 is 0 Å². The first kappa shape index (κ1) is 15.2. The van der Waals surface area contributed by atoms with E-state index < -0.39 is 11.9 Å². The van der Waals surface area contributed by atoms with E-state index in [0.29, 0.717) is 18.0 Å². The zero-order valence-corrected chi connectivity index (χ0v) is 12.4. The SMILES string of the molecule is CCOC(=O)C1CN(c2ccc(OC)cc2OC)CC1=O. The van der Waals surface area contributed by atoms with Crippen LogP contribution in [0.25, 0.3) is 0 Å². The number of Topliss-reactive ketones (excluding diaryl/α,β-unsaturated/α-hetero) is 1. The third-order valence-electron chi connectivity index (χ3n) is 3.44. The maximum atomic E-state index is 12.0. The van der Waals surface area contributed by atoms with Crippen molar-refractivity contribution in [3.05, 3.63) is 18.2 Å². The first-order valence-corrected chi connectivity index (χ1v) is 6.77. The second kappa shape index (κ2) is 6.47. The van der Waals surface area contributed by atoms with Gasteiger partial charge in [-0.25, -0.2) is 0 Å². The van der Waals surface area contributed by atoms with Gasteiger partial charge < -0.3 is 19.1 Å². The van der Waals surface area contributed by atoms with Gasteiger partial charge in [-0.15, -0.1) is 0 Å². The number of hydrogen-bond donors (Lipinski definition) is 0. The lowest BCUT2D eigenvalue weighted by Gasteiger charge is -2.20. The summed E-state index contributed by atoms with van der Waals surface area (Å²) in [6.45, 7) is 2.47. The zero-order chi connectivity index (χ0) is 15.4. The van der Waals surface area contributed by atoms with Gasteiger partial charge in [0.1, 0.15) is 17.4 Å². The predicted octanol–water partition coefficient (Wildman–Crippen LogP) is 1.27. The molecule has 1 atom stereocenters. The first-order chi connectivity index (χ1) is 10.1. The maximum Gasteiger partial charge on any atom is 0.318 e. The van der Waals surface area contributed by atoms with Gasteiger partial charge in [-0.05, 0) is 19.1 Å². The lowest BCUT2D eigenvalue weighted by molar-refractivity contribution is -0.149. The van der Waals surface area contributed by atoms with Crippen LogP contribution in [0.1, 0.15) is 6.92 Å². The minimum atomic E-state index is -0.725. The molecule has 114 valence electrons. The van der Waals surface area contributed by atoms with Crippen molar-refractivity contribution in [3.8, 4) is 11.5 Å². The quantitative estimate of drug-likeness (QED) is 0.602. The van der Waals surface area contributed by atoms with Gasteiger partial charge in [-0.2, -0.15) is 0 Å². The van der Waals surface area contributed by atoms with Crippen LogP contribution in [0.4, 0.5) is 5.69 Å². The van der Waals surface area contributed by atoms with Crippen molar-refractivity contribution >= 4 is 17.4 Å². The summed E-state index contributed by atoms with van der Waals surface area (Å²) in [5, 5.41) is 0. The molecule has 1 aromatic rings. The van der Waals surface area contributed by atoms with Crippen LogP contribution in [-0.4, -0.2) is 45.7 Å². The van der Waals surface area contributed by atoms with Gasteiger partial charge in [0.05, 0.1) is 33.1 Å². The molecule has 0 bridgehead atoms. The van der Waals surface area contributed by atoms with Crippen LogP contribution < -0.4 is 14.4 Å². The van der Waals surface area contributed by atoms with Gasteiger partial charge in [0.15, 0.2) is 5.78 Å². The summed E-state index contributed by atoms with van der Waals surface area (Å²) >= 11 is 0. The summed E-state index contributed by atoms with van der Waals surface area (Å²) in [4.78, 5) is 25.6. The number of ether oxygens (including phenoxy) is 3. The molecule has 6 nitrogen and oxygen atoms in total. The molecule has 2 rings (SSSR count). The second-order valence-electron chi connectivity index (χ2n) is 4.69. The highest BCUT2D eigenvalue weighted by Crippen LogP contribution is 2.34. The summed E-state index contributed by atoms with van der Waals surface area (Å²) in [6.07, 6.45) is 0. The Kier molecular flexibility index (Phi) is 4.67. The van der Waals surface area contributed by atoms with E-state index in [1.807, 2.05) is 11.0 Å². The number of esters is 1. The maximum absolute atomic E-state index is 12.0. The Balaban J connectivity index is 2.20. The minimum absolute atomic E-state index is 0.133. The fourth-order valence-electron chi connectivity index (χ4n) is 2.36. The van der Waals surface area contributed by atoms with Crippen LogP contribution in [0.5, 0.6) is 11.5 Å². The number of hydrogen-bond acceptors (Lipinski definition) is 6. The first-order valence-electron chi connectivity index (χ1n) is 6.77. The van der Waals surface area contributed by atoms with Gasteiger partial charge in [0.2, 0.25) is 0 Å². The Morgan fingerprint density at radius 1 is 1.33 bits per heavy atom. The molecular weight excluding hydrogens is 274 g/mol. The number of anilines is 1. The van der Waals surface area contributed by atoms with Crippen molar-refractivity contribution in [2.75, 3.05) is 38.8 Å². The van der Waals surface area contributed by atoms with Crippen LogP contribution in [-0.2, 0) is 14.3 Å². The molecule has 0 saturated carbocycles. The Labute approximate surface area is 123 Å². The van der Waals surface area contributed by atoms with Crippen molar-refractivity contribution in [1.29, 1.82) is 0 Å². The lowest BCUT2D eigenvalue weighted by atomic mass is 10.1. The number of ketones is 1. The lowest BCUT2D eigenvalue weighted by Crippen LogP contribution is -2.25. The fraction of sp³-hybridized carbons (Fsp3) is 0.467. The predicted molar refractivity (Wildman–Crippen MR) is 76.9 cm³/mol. The van der Waals surface area contributed by atoms with Crippen molar-refractivity contribution in [1.82, 2.24) is 0 Å². The molecule has 1 aliphatic heterocycles. The van der Waals surface area contributed by atoms with Gasteiger partial charge in [-0.1, -0.05) is 0 Å². The monoisotopic (exact) mass is 293 g/mol. The molecule has 21 heavy (non-hydrogen) atoms. The molecule has 1 unspecified atom stereocenters. The van der Waals surface area contributed by atoms with E-state index >= 15 is 0 Å². The number of carbonyl (C=O) groups is 2. The molecule has 1 heterocycles. The molecule has 0 spiro atoms. The Bertz CT molecular complexity index is 543. The third kappa shape index (κ3) is 3.09. The van der Waals surface area contributed by atoms with Gasteiger partial charge >= 0.3 is 5.97 Å². The highest BCUT2D eigenvalue weighted by atomic mass is 16.5. The number of methoxy groups -OCH3 is 2. The summed E-state index contributed by atoms with van der Waals surface area (Å²) in [5.74, 6) is -0.0460. The van der Waals surface area contributed by atoms with E-state index in [2.05, 4.69) is 0 Å². The van der Waals surface area contributed by atoms with E-state index in [1.165, 1.54) is 0 Å². The molecule has 1 aliphatic rings. The molecular formula is C15H19NO5. The number of nitrogens with zero attached hydrogens (tertiary/aromatic N) is 1. The smallest absolute Gasteiger partial charge is 0.318 e. The average molecular weight is 293 g/mol. The fourth-order valence-corrected chi connectivity index (χ4v) is 2.36. The summed E-state index contributed by atoms with van der Waals surface area (Å²) in [5.41, 5.74) is 0.762. The van der Waals surface area contributed by atoms with Gasteiger partial charge in [0, 0.05) is 12.6 Å². The highest BCUT2D eigenvalue weighted by molar-refractivity contribution is 6.04. The Morgan fingerprint density at radius 3 is 2.71 bits per heavy atom. The largest absolute Gasteiger partial charge is 0.497 e. The minimum Gasteiger partial charge on any atom is -0.497 e. The number of benzene rings is 1. The second-order valence-corrected chi connectivity index (χ2v) is 4.69. The average Bonchev–Trinajstić information content (AvgIpc) is 2.88. The third-order valence-corrected chi connectivity index (χ3v) is 3.44. The van der Waals surface area contributed by atoms with Crippen LogP contribution in [0.15, 0.2) is 18.2 Å². The van der Waals surface area contributed by atoms with E-state index in [4.69, 9.17) is 14.2 Å². The molecule has 6 heteroatoms. The van der Waals surface area contributed by atoms with Crippen molar-refractivity contribution in [3.63, 3.8) is 0 Å². The summed E-state index contributed by atoms with van der Waals surface area (Å²) in [7, 11) is 3.13. The van der Waals surface area contributed by atoms with Crippen molar-refractivity contribution < 1.29 is 23.8 Å². The van der Waals surface area contributed by atoms with E-state index in [0.717, 1.165) is 5.69 Å². The van der Waals surface area contributed by atoms with Gasteiger partial charge in [0.25, 0.3) is 0 Å². The zero-order valence-electron chi connectivity index (χ0n) is 12.4.